The number of nitrogens with zero attached hydrogens (tertiary/aromatic N) is 1. The largest absolute Gasteiger partial charge is 0.353 e. The Morgan fingerprint density at radius 1 is 1.25 bits per heavy atom. The van der Waals surface area contributed by atoms with Crippen molar-refractivity contribution >= 4 is 23.6 Å². The Hall–Kier alpha value is -1.32. The van der Waals surface area contributed by atoms with Gasteiger partial charge in [-0.1, -0.05) is 37.6 Å². The molecule has 1 aromatic carbocycles. The number of rotatable bonds is 8. The Kier molecular flexibility index (Phi) is 8.00. The van der Waals surface area contributed by atoms with Crippen LogP contribution in [0, 0.1) is 0 Å². The molecule has 0 bridgehead atoms. The number of hydrogen-bond acceptors (Lipinski definition) is 2. The van der Waals surface area contributed by atoms with Crippen LogP contribution < -0.4 is 5.32 Å². The van der Waals surface area contributed by atoms with E-state index in [1.54, 1.807) is 12.2 Å². The second kappa shape index (κ2) is 9.56. The zero-order valence-electron chi connectivity index (χ0n) is 12.2. The zero-order chi connectivity index (χ0) is 14.8. The van der Waals surface area contributed by atoms with Gasteiger partial charge in [0.15, 0.2) is 0 Å². The molecule has 20 heavy (non-hydrogen) atoms. The van der Waals surface area contributed by atoms with Gasteiger partial charge >= 0.3 is 0 Å². The molecule has 0 saturated carbocycles. The summed E-state index contributed by atoms with van der Waals surface area (Å²) in [4.78, 5) is 14.0. The molecule has 0 heterocycles. The van der Waals surface area contributed by atoms with Crippen LogP contribution in [0.2, 0.25) is 5.02 Å². The van der Waals surface area contributed by atoms with Crippen molar-refractivity contribution in [1.29, 1.82) is 0 Å². The Morgan fingerprint density at radius 3 is 2.50 bits per heavy atom. The van der Waals surface area contributed by atoms with Crippen molar-refractivity contribution in [3.05, 3.63) is 40.9 Å². The first-order chi connectivity index (χ1) is 9.65. The van der Waals surface area contributed by atoms with Crippen molar-refractivity contribution in [1.82, 2.24) is 10.2 Å². The second-order valence-corrected chi connectivity index (χ2v) is 4.99. The molecule has 0 aromatic heterocycles. The highest BCUT2D eigenvalue weighted by molar-refractivity contribution is 6.30. The molecular weight excluding hydrogens is 272 g/mol. The summed E-state index contributed by atoms with van der Waals surface area (Å²) >= 11 is 5.80. The van der Waals surface area contributed by atoms with E-state index in [1.165, 1.54) is 0 Å². The second-order valence-electron chi connectivity index (χ2n) is 4.56. The van der Waals surface area contributed by atoms with E-state index >= 15 is 0 Å². The molecule has 1 amide bonds. The summed E-state index contributed by atoms with van der Waals surface area (Å²) in [6.45, 7) is 8.14. The maximum absolute atomic E-state index is 11.6. The number of halogens is 1. The van der Waals surface area contributed by atoms with Gasteiger partial charge in [-0.3, -0.25) is 4.79 Å². The number of benzene rings is 1. The average molecular weight is 295 g/mol. The highest BCUT2D eigenvalue weighted by atomic mass is 35.5. The van der Waals surface area contributed by atoms with E-state index < -0.39 is 0 Å². The molecule has 110 valence electrons. The molecule has 1 N–H and O–H groups in total. The van der Waals surface area contributed by atoms with Gasteiger partial charge in [0, 0.05) is 17.6 Å². The molecule has 0 unspecified atom stereocenters. The molecule has 0 aliphatic heterocycles. The molecule has 0 aliphatic rings. The monoisotopic (exact) mass is 294 g/mol. The van der Waals surface area contributed by atoms with E-state index in [2.05, 4.69) is 24.1 Å². The zero-order valence-corrected chi connectivity index (χ0v) is 13.0. The van der Waals surface area contributed by atoms with Gasteiger partial charge in [0.05, 0.1) is 0 Å². The lowest BCUT2D eigenvalue weighted by atomic mass is 10.2. The fourth-order valence-electron chi connectivity index (χ4n) is 1.86. The standard InChI is InChI=1S/C16H23ClN2O/c1-3-19(4-2)13-5-12-18-16(20)11-8-14-6-9-15(17)10-7-14/h6-11H,3-5,12-13H2,1-2H3,(H,18,20)/b11-8-. The number of carbonyl (C=O) groups excluding carboxylic acids is 1. The van der Waals surface area contributed by atoms with Gasteiger partial charge in [-0.15, -0.1) is 0 Å². The highest BCUT2D eigenvalue weighted by Crippen LogP contribution is 2.10. The molecule has 0 atom stereocenters. The lowest BCUT2D eigenvalue weighted by Crippen LogP contribution is -2.29. The maximum atomic E-state index is 11.6. The minimum atomic E-state index is -0.0560. The third kappa shape index (κ3) is 6.73. The van der Waals surface area contributed by atoms with Gasteiger partial charge in [-0.05, 0) is 49.8 Å². The van der Waals surface area contributed by atoms with Crippen LogP contribution in [0.25, 0.3) is 6.08 Å². The Morgan fingerprint density at radius 2 is 1.90 bits per heavy atom. The molecule has 0 spiro atoms. The molecule has 0 fully saturated rings. The molecule has 0 radical (unpaired) electrons. The van der Waals surface area contributed by atoms with E-state index in [9.17, 15) is 4.79 Å². The third-order valence-corrected chi connectivity index (χ3v) is 3.39. The first kappa shape index (κ1) is 16.7. The molecule has 1 aromatic rings. The van der Waals surface area contributed by atoms with E-state index in [0.717, 1.165) is 31.6 Å². The Labute approximate surface area is 126 Å². The highest BCUT2D eigenvalue weighted by Gasteiger charge is 1.99. The van der Waals surface area contributed by atoms with E-state index in [0.29, 0.717) is 11.6 Å². The van der Waals surface area contributed by atoms with E-state index in [4.69, 9.17) is 11.6 Å². The number of amides is 1. The van der Waals surface area contributed by atoms with Crippen molar-refractivity contribution in [2.24, 2.45) is 0 Å². The molecule has 1 rings (SSSR count). The van der Waals surface area contributed by atoms with Gasteiger partial charge < -0.3 is 10.2 Å². The molecule has 3 nitrogen and oxygen atoms in total. The van der Waals surface area contributed by atoms with Crippen LogP contribution in [0.15, 0.2) is 30.3 Å². The van der Waals surface area contributed by atoms with Crippen molar-refractivity contribution < 1.29 is 4.79 Å². The first-order valence-electron chi connectivity index (χ1n) is 7.09. The van der Waals surface area contributed by atoms with Crippen LogP contribution in [-0.4, -0.2) is 37.0 Å². The van der Waals surface area contributed by atoms with Crippen LogP contribution >= 0.6 is 11.6 Å². The predicted molar refractivity (Wildman–Crippen MR) is 85.9 cm³/mol. The van der Waals surface area contributed by atoms with Crippen LogP contribution in [0.4, 0.5) is 0 Å². The molecule has 4 heteroatoms. The minimum Gasteiger partial charge on any atom is -0.353 e. The van der Waals surface area contributed by atoms with Crippen LogP contribution in [0.1, 0.15) is 25.8 Å². The van der Waals surface area contributed by atoms with Gasteiger partial charge in [-0.2, -0.15) is 0 Å². The fourth-order valence-corrected chi connectivity index (χ4v) is 1.98. The van der Waals surface area contributed by atoms with Crippen LogP contribution in [0.5, 0.6) is 0 Å². The molecular formula is C16H23ClN2O. The van der Waals surface area contributed by atoms with Gasteiger partial charge in [0.25, 0.3) is 0 Å². The fraction of sp³-hybridized carbons (Fsp3) is 0.438. The first-order valence-corrected chi connectivity index (χ1v) is 7.47. The quantitative estimate of drug-likeness (QED) is 0.590. The Balaban J connectivity index is 2.24. The summed E-state index contributed by atoms with van der Waals surface area (Å²) in [6, 6.07) is 7.38. The number of hydrogen-bond donors (Lipinski definition) is 1. The minimum absolute atomic E-state index is 0.0560. The lowest BCUT2D eigenvalue weighted by molar-refractivity contribution is -0.116. The Bertz CT molecular complexity index is 425. The van der Waals surface area contributed by atoms with Gasteiger partial charge in [-0.25, -0.2) is 0 Å². The number of nitrogens with one attached hydrogen (secondary N) is 1. The van der Waals surface area contributed by atoms with Crippen molar-refractivity contribution in [2.75, 3.05) is 26.2 Å². The summed E-state index contributed by atoms with van der Waals surface area (Å²) in [7, 11) is 0. The summed E-state index contributed by atoms with van der Waals surface area (Å²) < 4.78 is 0. The van der Waals surface area contributed by atoms with E-state index in [1.807, 2.05) is 24.3 Å². The summed E-state index contributed by atoms with van der Waals surface area (Å²) in [5.74, 6) is -0.0560. The predicted octanol–water partition coefficient (Wildman–Crippen LogP) is 3.20. The van der Waals surface area contributed by atoms with Gasteiger partial charge in [0.2, 0.25) is 5.91 Å². The van der Waals surface area contributed by atoms with E-state index in [-0.39, 0.29) is 5.91 Å². The normalized spacial score (nSPS) is 11.2. The van der Waals surface area contributed by atoms with Crippen molar-refractivity contribution in [3.63, 3.8) is 0 Å². The summed E-state index contributed by atoms with van der Waals surface area (Å²) in [5, 5.41) is 3.59. The van der Waals surface area contributed by atoms with Crippen LogP contribution in [0.3, 0.4) is 0 Å². The lowest BCUT2D eigenvalue weighted by Gasteiger charge is -2.17. The maximum Gasteiger partial charge on any atom is 0.243 e. The van der Waals surface area contributed by atoms with Crippen molar-refractivity contribution in [2.45, 2.75) is 20.3 Å². The molecule has 0 saturated heterocycles. The SMILES string of the molecule is CCN(CC)CCCNC(=O)/C=C\c1ccc(Cl)cc1. The topological polar surface area (TPSA) is 32.3 Å². The third-order valence-electron chi connectivity index (χ3n) is 3.14. The summed E-state index contributed by atoms with van der Waals surface area (Å²) in [5.41, 5.74) is 0.965. The molecule has 0 aliphatic carbocycles. The van der Waals surface area contributed by atoms with Gasteiger partial charge in [0.1, 0.15) is 0 Å². The number of carbonyl (C=O) groups is 1. The van der Waals surface area contributed by atoms with Crippen LogP contribution in [-0.2, 0) is 4.79 Å². The van der Waals surface area contributed by atoms with Crippen molar-refractivity contribution in [3.8, 4) is 0 Å². The average Bonchev–Trinajstić information content (AvgIpc) is 2.47. The smallest absolute Gasteiger partial charge is 0.243 e. The summed E-state index contributed by atoms with van der Waals surface area (Å²) in [6.07, 6.45) is 4.32.